The van der Waals surface area contributed by atoms with Gasteiger partial charge < -0.3 is 10.1 Å². The molecule has 7 heteroatoms. The summed E-state index contributed by atoms with van der Waals surface area (Å²) in [5.41, 5.74) is 3.77. The van der Waals surface area contributed by atoms with Gasteiger partial charge in [-0.05, 0) is 91.4 Å². The molecule has 1 unspecified atom stereocenters. The number of carbonyl (C=O) groups is 1. The second-order valence-corrected chi connectivity index (χ2v) is 7.83. The Bertz CT molecular complexity index is 1040. The number of aryl methyl sites for hydroxylation is 1. The standard InChI is InChI=1S/C23H22FN3O2S/c1-2-29-23(28)19-4-3-13-25-22(19)26-17-9-5-15-6-12-21(20(15)14-17)27-30-18-10-7-16(24)8-11-18/h3-5,7-11,13-14,21,27H,2,6,12H2,1H3,(H,25,26). The lowest BCUT2D eigenvalue weighted by molar-refractivity contribution is 0.0527. The van der Waals surface area contributed by atoms with Gasteiger partial charge in [0.1, 0.15) is 17.2 Å². The Morgan fingerprint density at radius 1 is 1.23 bits per heavy atom. The number of halogens is 1. The number of aromatic nitrogens is 1. The molecule has 0 saturated heterocycles. The van der Waals surface area contributed by atoms with Crippen molar-refractivity contribution in [2.24, 2.45) is 0 Å². The van der Waals surface area contributed by atoms with E-state index in [-0.39, 0.29) is 11.9 Å². The Morgan fingerprint density at radius 3 is 2.87 bits per heavy atom. The maximum Gasteiger partial charge on any atom is 0.341 e. The molecule has 0 spiro atoms. The van der Waals surface area contributed by atoms with E-state index in [0.29, 0.717) is 18.0 Å². The quantitative estimate of drug-likeness (QED) is 0.391. The van der Waals surface area contributed by atoms with Crippen molar-refractivity contribution in [1.29, 1.82) is 0 Å². The summed E-state index contributed by atoms with van der Waals surface area (Å²) in [6.45, 7) is 2.09. The molecule has 4 rings (SSSR count). The number of fused-ring (bicyclic) bond motifs is 1. The Kier molecular flexibility index (Phi) is 6.30. The number of anilines is 2. The molecule has 1 heterocycles. The van der Waals surface area contributed by atoms with E-state index in [1.165, 1.54) is 35.2 Å². The van der Waals surface area contributed by atoms with Gasteiger partial charge in [0.2, 0.25) is 0 Å². The molecule has 0 aliphatic heterocycles. The van der Waals surface area contributed by atoms with Gasteiger partial charge in [-0.1, -0.05) is 6.07 Å². The van der Waals surface area contributed by atoms with Crippen LogP contribution in [0.3, 0.4) is 0 Å². The van der Waals surface area contributed by atoms with Crippen LogP contribution in [-0.2, 0) is 11.2 Å². The summed E-state index contributed by atoms with van der Waals surface area (Å²) in [5, 5.41) is 3.25. The molecule has 1 aliphatic rings. The molecule has 1 aromatic heterocycles. The SMILES string of the molecule is CCOC(=O)c1cccnc1Nc1ccc2c(c1)C(NSc1ccc(F)cc1)CC2. The summed E-state index contributed by atoms with van der Waals surface area (Å²) in [6.07, 6.45) is 3.63. The summed E-state index contributed by atoms with van der Waals surface area (Å²) < 4.78 is 21.7. The van der Waals surface area contributed by atoms with Crippen molar-refractivity contribution < 1.29 is 13.9 Å². The van der Waals surface area contributed by atoms with Crippen molar-refractivity contribution >= 4 is 29.4 Å². The Hall–Kier alpha value is -2.90. The van der Waals surface area contributed by atoms with Crippen LogP contribution in [0, 0.1) is 5.82 Å². The third-order valence-electron chi connectivity index (χ3n) is 4.92. The van der Waals surface area contributed by atoms with Gasteiger partial charge in [0.15, 0.2) is 0 Å². The van der Waals surface area contributed by atoms with E-state index in [4.69, 9.17) is 4.74 Å². The van der Waals surface area contributed by atoms with Crippen molar-refractivity contribution in [3.8, 4) is 0 Å². The highest BCUT2D eigenvalue weighted by molar-refractivity contribution is 7.97. The van der Waals surface area contributed by atoms with Crippen LogP contribution in [0.2, 0.25) is 0 Å². The van der Waals surface area contributed by atoms with Gasteiger partial charge in [-0.3, -0.25) is 4.72 Å². The highest BCUT2D eigenvalue weighted by atomic mass is 32.2. The summed E-state index contributed by atoms with van der Waals surface area (Å²) in [7, 11) is 0. The van der Waals surface area contributed by atoms with E-state index in [2.05, 4.69) is 27.2 Å². The molecule has 154 valence electrons. The van der Waals surface area contributed by atoms with Crippen molar-refractivity contribution in [2.75, 3.05) is 11.9 Å². The zero-order valence-electron chi connectivity index (χ0n) is 16.5. The van der Waals surface area contributed by atoms with Crippen LogP contribution < -0.4 is 10.0 Å². The molecule has 1 aliphatic carbocycles. The minimum Gasteiger partial charge on any atom is -0.462 e. The fourth-order valence-corrected chi connectivity index (χ4v) is 4.25. The van der Waals surface area contributed by atoms with Gasteiger partial charge in [0.25, 0.3) is 0 Å². The van der Waals surface area contributed by atoms with E-state index < -0.39 is 5.97 Å². The third kappa shape index (κ3) is 4.63. The number of carbonyl (C=O) groups excluding carboxylic acids is 1. The largest absolute Gasteiger partial charge is 0.462 e. The van der Waals surface area contributed by atoms with E-state index >= 15 is 0 Å². The summed E-state index contributed by atoms with van der Waals surface area (Å²) in [5.74, 6) is -0.165. The van der Waals surface area contributed by atoms with Crippen LogP contribution in [0.4, 0.5) is 15.9 Å². The van der Waals surface area contributed by atoms with Gasteiger partial charge >= 0.3 is 5.97 Å². The van der Waals surface area contributed by atoms with E-state index in [1.807, 2.05) is 6.07 Å². The third-order valence-corrected chi connectivity index (χ3v) is 5.83. The maximum atomic E-state index is 13.1. The first kappa shape index (κ1) is 20.4. The molecule has 0 bridgehead atoms. The van der Waals surface area contributed by atoms with Crippen LogP contribution in [0.15, 0.2) is 65.7 Å². The molecule has 3 aromatic rings. The number of hydrogen-bond donors (Lipinski definition) is 2. The second-order valence-electron chi connectivity index (χ2n) is 6.92. The number of esters is 1. The van der Waals surface area contributed by atoms with Crippen molar-refractivity contribution in [3.63, 3.8) is 0 Å². The van der Waals surface area contributed by atoms with Gasteiger partial charge in [-0.25, -0.2) is 14.2 Å². The first-order chi connectivity index (χ1) is 14.6. The summed E-state index contributed by atoms with van der Waals surface area (Å²) >= 11 is 1.50. The Morgan fingerprint density at radius 2 is 2.07 bits per heavy atom. The lowest BCUT2D eigenvalue weighted by atomic mass is 10.1. The number of nitrogens with zero attached hydrogens (tertiary/aromatic N) is 1. The van der Waals surface area contributed by atoms with Crippen LogP contribution in [0.25, 0.3) is 0 Å². The predicted octanol–water partition coefficient (Wildman–Crippen LogP) is 5.43. The summed E-state index contributed by atoms with van der Waals surface area (Å²) in [4.78, 5) is 17.5. The van der Waals surface area contributed by atoms with Gasteiger partial charge in [0, 0.05) is 22.8 Å². The minimum atomic E-state index is -0.399. The monoisotopic (exact) mass is 423 g/mol. The molecule has 0 fully saturated rings. The average Bonchev–Trinajstić information content (AvgIpc) is 3.16. The average molecular weight is 424 g/mol. The van der Waals surface area contributed by atoms with E-state index in [1.54, 1.807) is 37.4 Å². The minimum absolute atomic E-state index is 0.185. The van der Waals surface area contributed by atoms with Crippen molar-refractivity contribution in [1.82, 2.24) is 9.71 Å². The van der Waals surface area contributed by atoms with Crippen molar-refractivity contribution in [3.05, 3.63) is 83.3 Å². The molecule has 0 saturated carbocycles. The zero-order valence-corrected chi connectivity index (χ0v) is 17.3. The Labute approximate surface area is 179 Å². The first-order valence-electron chi connectivity index (χ1n) is 9.84. The summed E-state index contributed by atoms with van der Waals surface area (Å²) in [6, 6.07) is 16.2. The van der Waals surface area contributed by atoms with Gasteiger partial charge in [-0.2, -0.15) is 0 Å². The lowest BCUT2D eigenvalue weighted by Gasteiger charge is -2.15. The number of benzene rings is 2. The fraction of sp³-hybridized carbons (Fsp3) is 0.217. The molecule has 5 nitrogen and oxygen atoms in total. The zero-order chi connectivity index (χ0) is 20.9. The van der Waals surface area contributed by atoms with Crippen molar-refractivity contribution in [2.45, 2.75) is 30.7 Å². The topological polar surface area (TPSA) is 63.2 Å². The molecule has 2 N–H and O–H groups in total. The highest BCUT2D eigenvalue weighted by Crippen LogP contribution is 2.36. The second kappa shape index (κ2) is 9.28. The normalized spacial score (nSPS) is 14.9. The highest BCUT2D eigenvalue weighted by Gasteiger charge is 2.23. The maximum absolute atomic E-state index is 13.1. The first-order valence-corrected chi connectivity index (χ1v) is 10.7. The lowest BCUT2D eigenvalue weighted by Crippen LogP contribution is -2.11. The van der Waals surface area contributed by atoms with E-state index in [9.17, 15) is 9.18 Å². The van der Waals surface area contributed by atoms with Crippen LogP contribution in [-0.4, -0.2) is 17.6 Å². The number of pyridine rings is 1. The van der Waals surface area contributed by atoms with Crippen LogP contribution in [0.1, 0.15) is 40.9 Å². The van der Waals surface area contributed by atoms with Crippen LogP contribution >= 0.6 is 11.9 Å². The number of hydrogen-bond acceptors (Lipinski definition) is 6. The molecular weight excluding hydrogens is 401 g/mol. The number of nitrogens with one attached hydrogen (secondary N) is 2. The fourth-order valence-electron chi connectivity index (χ4n) is 3.46. The molecule has 0 amide bonds. The molecule has 30 heavy (non-hydrogen) atoms. The molecule has 2 aromatic carbocycles. The predicted molar refractivity (Wildman–Crippen MR) is 116 cm³/mol. The van der Waals surface area contributed by atoms with Crippen LogP contribution in [0.5, 0.6) is 0 Å². The molecule has 1 atom stereocenters. The molecular formula is C23H22FN3O2S. The van der Waals surface area contributed by atoms with Gasteiger partial charge in [-0.15, -0.1) is 0 Å². The number of ether oxygens (including phenoxy) is 1. The van der Waals surface area contributed by atoms with E-state index in [0.717, 1.165) is 23.4 Å². The van der Waals surface area contributed by atoms with Gasteiger partial charge in [0.05, 0.1) is 6.61 Å². The smallest absolute Gasteiger partial charge is 0.341 e. The Balaban J connectivity index is 1.50. The molecule has 0 radical (unpaired) electrons. The number of rotatable bonds is 7.